The number of amides is 1. The van der Waals surface area contributed by atoms with Crippen molar-refractivity contribution in [2.75, 3.05) is 31.7 Å². The Morgan fingerprint density at radius 1 is 1.35 bits per heavy atom. The van der Waals surface area contributed by atoms with Crippen LogP contribution in [-0.2, 0) is 15.6 Å². The van der Waals surface area contributed by atoms with Crippen LogP contribution >= 0.6 is 0 Å². The summed E-state index contributed by atoms with van der Waals surface area (Å²) in [6, 6.07) is 4.99. The van der Waals surface area contributed by atoms with E-state index < -0.39 is 10.8 Å². The van der Waals surface area contributed by atoms with E-state index in [1.54, 1.807) is 23.1 Å². The summed E-state index contributed by atoms with van der Waals surface area (Å²) in [5, 5.41) is 0. The van der Waals surface area contributed by atoms with Crippen molar-refractivity contribution < 1.29 is 13.7 Å². The molecule has 0 spiro atoms. The van der Waals surface area contributed by atoms with E-state index in [1.807, 2.05) is 0 Å². The largest absolute Gasteiger partial charge is 0.497 e. The van der Waals surface area contributed by atoms with Crippen molar-refractivity contribution in [1.82, 2.24) is 4.90 Å². The number of carbonyl (C=O) groups is 1. The highest BCUT2D eigenvalue weighted by atomic mass is 32.2. The number of rotatable bonds is 4. The zero-order chi connectivity index (χ0) is 14.5. The lowest BCUT2D eigenvalue weighted by molar-refractivity contribution is -0.129. The zero-order valence-electron chi connectivity index (χ0n) is 11.6. The SMILES string of the molecule is COc1ccc(N)c(S(=O)CC(=O)N2CCCCC2)c1. The zero-order valence-corrected chi connectivity index (χ0v) is 12.4. The molecule has 1 aliphatic rings. The fourth-order valence-corrected chi connectivity index (χ4v) is 3.40. The van der Waals surface area contributed by atoms with Gasteiger partial charge in [-0.1, -0.05) is 0 Å². The number of nitrogens with two attached hydrogens (primary N) is 1. The minimum absolute atomic E-state index is 0.0165. The molecular formula is C14H20N2O3S. The summed E-state index contributed by atoms with van der Waals surface area (Å²) in [7, 11) is 0.104. The first-order valence-electron chi connectivity index (χ1n) is 6.71. The minimum Gasteiger partial charge on any atom is -0.497 e. The van der Waals surface area contributed by atoms with Crippen molar-refractivity contribution in [3.8, 4) is 5.75 Å². The fourth-order valence-electron chi connectivity index (χ4n) is 2.26. The van der Waals surface area contributed by atoms with Gasteiger partial charge in [0, 0.05) is 18.8 Å². The third kappa shape index (κ3) is 3.50. The molecule has 20 heavy (non-hydrogen) atoms. The number of likely N-dealkylation sites (tertiary alicyclic amines) is 1. The summed E-state index contributed by atoms with van der Waals surface area (Å²) in [6.07, 6.45) is 3.22. The predicted octanol–water partition coefficient (Wildman–Crippen LogP) is 1.40. The van der Waals surface area contributed by atoms with Gasteiger partial charge in [-0.15, -0.1) is 0 Å². The molecule has 1 atom stereocenters. The lowest BCUT2D eigenvalue weighted by Crippen LogP contribution is -2.38. The molecule has 1 saturated heterocycles. The molecule has 1 fully saturated rings. The summed E-state index contributed by atoms with van der Waals surface area (Å²) >= 11 is 0. The Balaban J connectivity index is 2.05. The van der Waals surface area contributed by atoms with E-state index in [0.717, 1.165) is 32.4 Å². The number of hydrogen-bond acceptors (Lipinski definition) is 4. The second-order valence-corrected chi connectivity index (χ2v) is 6.25. The highest BCUT2D eigenvalue weighted by Crippen LogP contribution is 2.23. The molecule has 1 amide bonds. The first-order valence-corrected chi connectivity index (χ1v) is 8.03. The van der Waals surface area contributed by atoms with Gasteiger partial charge in [0.1, 0.15) is 11.5 Å². The molecule has 5 nitrogen and oxygen atoms in total. The van der Waals surface area contributed by atoms with E-state index in [-0.39, 0.29) is 11.7 Å². The molecule has 0 aliphatic carbocycles. The molecule has 1 unspecified atom stereocenters. The molecule has 0 bridgehead atoms. The van der Waals surface area contributed by atoms with Gasteiger partial charge in [-0.3, -0.25) is 9.00 Å². The van der Waals surface area contributed by atoms with Crippen LogP contribution in [0.1, 0.15) is 19.3 Å². The highest BCUT2D eigenvalue weighted by Gasteiger charge is 2.20. The normalized spacial score (nSPS) is 16.8. The van der Waals surface area contributed by atoms with Crippen LogP contribution in [0.2, 0.25) is 0 Å². The number of anilines is 1. The van der Waals surface area contributed by atoms with E-state index in [4.69, 9.17) is 10.5 Å². The number of nitrogens with zero attached hydrogens (tertiary/aromatic N) is 1. The minimum atomic E-state index is -1.43. The number of carbonyl (C=O) groups excluding carboxylic acids is 1. The van der Waals surface area contributed by atoms with E-state index in [2.05, 4.69) is 0 Å². The van der Waals surface area contributed by atoms with Crippen molar-refractivity contribution in [2.24, 2.45) is 0 Å². The Bertz CT molecular complexity index is 513. The smallest absolute Gasteiger partial charge is 0.235 e. The van der Waals surface area contributed by atoms with Crippen molar-refractivity contribution in [2.45, 2.75) is 24.2 Å². The maximum Gasteiger partial charge on any atom is 0.235 e. The van der Waals surface area contributed by atoms with Crippen LogP contribution in [0.5, 0.6) is 5.75 Å². The molecule has 110 valence electrons. The maximum absolute atomic E-state index is 12.3. The van der Waals surface area contributed by atoms with Crippen LogP contribution in [0.25, 0.3) is 0 Å². The number of methoxy groups -OCH3 is 1. The van der Waals surface area contributed by atoms with Gasteiger partial charge in [0.05, 0.1) is 22.8 Å². The Morgan fingerprint density at radius 2 is 2.05 bits per heavy atom. The maximum atomic E-state index is 12.3. The summed E-state index contributed by atoms with van der Waals surface area (Å²) in [4.78, 5) is 14.4. The second kappa shape index (κ2) is 6.74. The molecule has 2 rings (SSSR count). The quantitative estimate of drug-likeness (QED) is 0.852. The Labute approximate surface area is 121 Å². The number of piperidine rings is 1. The van der Waals surface area contributed by atoms with Crippen LogP contribution in [0, 0.1) is 0 Å². The third-order valence-corrected chi connectivity index (χ3v) is 4.78. The molecule has 1 aliphatic heterocycles. The number of nitrogen functional groups attached to an aromatic ring is 1. The lowest BCUT2D eigenvalue weighted by atomic mass is 10.1. The fraction of sp³-hybridized carbons (Fsp3) is 0.500. The summed E-state index contributed by atoms with van der Waals surface area (Å²) in [6.45, 7) is 1.53. The summed E-state index contributed by atoms with van der Waals surface area (Å²) < 4.78 is 17.4. The topological polar surface area (TPSA) is 72.6 Å². The van der Waals surface area contributed by atoms with Gasteiger partial charge in [-0.2, -0.15) is 0 Å². The molecule has 6 heteroatoms. The third-order valence-electron chi connectivity index (χ3n) is 3.43. The summed E-state index contributed by atoms with van der Waals surface area (Å²) in [5.74, 6) is 0.510. The van der Waals surface area contributed by atoms with Gasteiger partial charge in [0.25, 0.3) is 0 Å². The lowest BCUT2D eigenvalue weighted by Gasteiger charge is -2.26. The highest BCUT2D eigenvalue weighted by molar-refractivity contribution is 7.86. The molecule has 0 radical (unpaired) electrons. The number of ether oxygens (including phenoxy) is 1. The van der Waals surface area contributed by atoms with E-state index >= 15 is 0 Å². The van der Waals surface area contributed by atoms with Gasteiger partial charge in [-0.05, 0) is 37.5 Å². The monoisotopic (exact) mass is 296 g/mol. The van der Waals surface area contributed by atoms with Gasteiger partial charge >= 0.3 is 0 Å². The second-order valence-electron chi connectivity index (χ2n) is 4.84. The van der Waals surface area contributed by atoms with Crippen LogP contribution in [0.4, 0.5) is 5.69 Å². The van der Waals surface area contributed by atoms with Crippen LogP contribution < -0.4 is 10.5 Å². The average Bonchev–Trinajstić information content (AvgIpc) is 2.48. The van der Waals surface area contributed by atoms with Gasteiger partial charge in [0.2, 0.25) is 5.91 Å². The first kappa shape index (κ1) is 14.8. The van der Waals surface area contributed by atoms with Crippen LogP contribution in [-0.4, -0.2) is 41.0 Å². The van der Waals surface area contributed by atoms with Gasteiger partial charge in [-0.25, -0.2) is 0 Å². The standard InChI is InChI=1S/C14H20N2O3S/c1-19-11-5-6-12(15)13(9-11)20(18)10-14(17)16-7-3-2-4-8-16/h5-6,9H,2-4,7-8,10,15H2,1H3. The summed E-state index contributed by atoms with van der Waals surface area (Å²) in [5.41, 5.74) is 6.25. The van der Waals surface area contributed by atoms with E-state index in [0.29, 0.717) is 16.3 Å². The number of hydrogen-bond donors (Lipinski definition) is 1. The van der Waals surface area contributed by atoms with E-state index in [1.165, 1.54) is 7.11 Å². The van der Waals surface area contributed by atoms with Crippen LogP contribution in [0.3, 0.4) is 0 Å². The van der Waals surface area contributed by atoms with E-state index in [9.17, 15) is 9.00 Å². The molecule has 0 saturated carbocycles. The molecule has 2 N–H and O–H groups in total. The Kier molecular flexibility index (Phi) is 5.00. The Morgan fingerprint density at radius 3 is 2.70 bits per heavy atom. The molecular weight excluding hydrogens is 276 g/mol. The first-order chi connectivity index (χ1) is 9.61. The Hall–Kier alpha value is -1.56. The van der Waals surface area contributed by atoms with Crippen molar-refractivity contribution >= 4 is 22.4 Å². The van der Waals surface area contributed by atoms with Crippen molar-refractivity contribution in [1.29, 1.82) is 0 Å². The molecule has 1 aromatic carbocycles. The van der Waals surface area contributed by atoms with Crippen molar-refractivity contribution in [3.63, 3.8) is 0 Å². The molecule has 1 aromatic rings. The predicted molar refractivity (Wildman–Crippen MR) is 79.1 cm³/mol. The molecule has 0 aromatic heterocycles. The van der Waals surface area contributed by atoms with Crippen molar-refractivity contribution in [3.05, 3.63) is 18.2 Å². The molecule has 1 heterocycles. The average molecular weight is 296 g/mol. The van der Waals surface area contributed by atoms with Crippen LogP contribution in [0.15, 0.2) is 23.1 Å². The number of benzene rings is 1. The van der Waals surface area contributed by atoms with Gasteiger partial charge < -0.3 is 15.4 Å². The van der Waals surface area contributed by atoms with Gasteiger partial charge in [0.15, 0.2) is 0 Å².